The second-order valence-electron chi connectivity index (χ2n) is 4.74. The molecule has 8 nitrogen and oxygen atoms in total. The van der Waals surface area contributed by atoms with E-state index in [0.717, 1.165) is 19.4 Å². The second kappa shape index (κ2) is 7.23. The molecule has 114 valence electrons. The molecule has 0 radical (unpaired) electrons. The summed E-state index contributed by atoms with van der Waals surface area (Å²) in [5.41, 5.74) is 0. The highest BCUT2D eigenvalue weighted by Gasteiger charge is 2.25. The first-order valence-corrected chi connectivity index (χ1v) is 7.08. The van der Waals surface area contributed by atoms with Gasteiger partial charge in [0.2, 0.25) is 0 Å². The third-order valence-electron chi connectivity index (χ3n) is 3.16. The Kier molecular flexibility index (Phi) is 5.34. The van der Waals surface area contributed by atoms with E-state index in [9.17, 15) is 4.79 Å². The maximum absolute atomic E-state index is 12.2. The molecule has 1 aromatic heterocycles. The van der Waals surface area contributed by atoms with Gasteiger partial charge in [0.05, 0.1) is 12.6 Å². The van der Waals surface area contributed by atoms with E-state index >= 15 is 0 Å². The topological polar surface area (TPSA) is 85.2 Å². The van der Waals surface area contributed by atoms with Crippen LogP contribution in [0.5, 0.6) is 6.01 Å². The van der Waals surface area contributed by atoms with Crippen LogP contribution in [0.3, 0.4) is 0 Å². The standard InChI is InChI=1S/C12H18N6O2S/c1-3-7-18(8-10(19)9-5-4-6-13-9)12(21)20-11-14-15-16-17(11)2/h3,9,13H,1,4-8H2,2H3/t9-/m1/s1. The molecule has 1 aliphatic heterocycles. The summed E-state index contributed by atoms with van der Waals surface area (Å²) in [4.78, 5) is 13.8. The summed E-state index contributed by atoms with van der Waals surface area (Å²) in [6, 6.07) is 0.0807. The molecular weight excluding hydrogens is 292 g/mol. The normalized spacial score (nSPS) is 17.5. The third kappa shape index (κ3) is 4.05. The van der Waals surface area contributed by atoms with Gasteiger partial charge in [-0.3, -0.25) is 4.79 Å². The number of rotatable bonds is 6. The lowest BCUT2D eigenvalue weighted by atomic mass is 10.1. The van der Waals surface area contributed by atoms with E-state index in [0.29, 0.717) is 6.54 Å². The summed E-state index contributed by atoms with van der Waals surface area (Å²) in [7, 11) is 1.64. The van der Waals surface area contributed by atoms with Crippen molar-refractivity contribution in [2.45, 2.75) is 18.9 Å². The largest absolute Gasteiger partial charge is 0.396 e. The Morgan fingerprint density at radius 1 is 1.71 bits per heavy atom. The Hall–Kier alpha value is -1.87. The summed E-state index contributed by atoms with van der Waals surface area (Å²) in [6.07, 6.45) is 3.55. The Bertz CT molecular complexity index is 526. The van der Waals surface area contributed by atoms with Gasteiger partial charge in [0.1, 0.15) is 0 Å². The van der Waals surface area contributed by atoms with Crippen LogP contribution in [0.25, 0.3) is 0 Å². The first-order valence-electron chi connectivity index (χ1n) is 6.68. The number of nitrogens with one attached hydrogen (secondary N) is 1. The van der Waals surface area contributed by atoms with E-state index < -0.39 is 0 Å². The van der Waals surface area contributed by atoms with Gasteiger partial charge in [-0.05, 0) is 42.0 Å². The highest BCUT2D eigenvalue weighted by Crippen LogP contribution is 2.09. The number of ether oxygens (including phenoxy) is 1. The second-order valence-corrected chi connectivity index (χ2v) is 5.09. The fourth-order valence-corrected chi connectivity index (χ4v) is 2.28. The molecule has 2 rings (SSSR count). The Balaban J connectivity index is 1.96. The van der Waals surface area contributed by atoms with Crippen LogP contribution in [0.4, 0.5) is 0 Å². The van der Waals surface area contributed by atoms with Gasteiger partial charge in [-0.2, -0.15) is 4.68 Å². The van der Waals surface area contributed by atoms with Crippen LogP contribution in [-0.4, -0.2) is 61.7 Å². The number of aryl methyl sites for hydroxylation is 1. The van der Waals surface area contributed by atoms with Gasteiger partial charge >= 0.3 is 6.01 Å². The lowest BCUT2D eigenvalue weighted by Crippen LogP contribution is -2.43. The maximum Gasteiger partial charge on any atom is 0.342 e. The van der Waals surface area contributed by atoms with E-state index in [-0.39, 0.29) is 29.6 Å². The minimum Gasteiger partial charge on any atom is -0.396 e. The first kappa shape index (κ1) is 15.5. The molecule has 0 bridgehead atoms. The first-order chi connectivity index (χ1) is 10.1. The molecule has 21 heavy (non-hydrogen) atoms. The van der Waals surface area contributed by atoms with Crippen LogP contribution in [0.2, 0.25) is 0 Å². The number of ketones is 1. The van der Waals surface area contributed by atoms with E-state index in [1.165, 1.54) is 4.68 Å². The van der Waals surface area contributed by atoms with Crippen molar-refractivity contribution in [3.63, 3.8) is 0 Å². The van der Waals surface area contributed by atoms with Gasteiger partial charge in [0.15, 0.2) is 5.78 Å². The van der Waals surface area contributed by atoms with E-state index in [1.54, 1.807) is 18.0 Å². The average molecular weight is 310 g/mol. The number of hydrogen-bond acceptors (Lipinski definition) is 7. The monoisotopic (exact) mass is 310 g/mol. The molecule has 9 heteroatoms. The van der Waals surface area contributed by atoms with Crippen molar-refractivity contribution < 1.29 is 9.53 Å². The van der Waals surface area contributed by atoms with Crippen LogP contribution >= 0.6 is 12.2 Å². The summed E-state index contributed by atoms with van der Waals surface area (Å²) in [5.74, 6) is 0.0939. The van der Waals surface area contributed by atoms with Gasteiger partial charge in [-0.15, -0.1) is 6.58 Å². The molecule has 0 unspecified atom stereocenters. The number of carbonyl (C=O) groups is 1. The number of nitrogens with zero attached hydrogens (tertiary/aromatic N) is 5. The van der Waals surface area contributed by atoms with Gasteiger partial charge in [0.25, 0.3) is 5.17 Å². The molecule has 0 aromatic carbocycles. The minimum absolute atomic E-state index is 0.0939. The van der Waals surface area contributed by atoms with Crippen molar-refractivity contribution in [3.05, 3.63) is 12.7 Å². The van der Waals surface area contributed by atoms with E-state index in [1.807, 2.05) is 0 Å². The molecule has 2 heterocycles. The molecule has 1 aliphatic rings. The number of thiocarbonyl (C=S) groups is 1. The zero-order chi connectivity index (χ0) is 15.2. The maximum atomic E-state index is 12.2. The zero-order valence-electron chi connectivity index (χ0n) is 11.9. The van der Waals surface area contributed by atoms with Crippen molar-refractivity contribution in [1.82, 2.24) is 30.4 Å². The predicted octanol–water partition coefficient (Wildman–Crippen LogP) is -0.317. The Morgan fingerprint density at radius 3 is 3.10 bits per heavy atom. The highest BCUT2D eigenvalue weighted by atomic mass is 32.1. The van der Waals surface area contributed by atoms with Crippen LogP contribution < -0.4 is 10.1 Å². The Labute approximate surface area is 128 Å². The fourth-order valence-electron chi connectivity index (χ4n) is 2.07. The molecule has 0 aliphatic carbocycles. The summed E-state index contributed by atoms with van der Waals surface area (Å²) in [5, 5.41) is 14.1. The van der Waals surface area contributed by atoms with Crippen molar-refractivity contribution in [2.75, 3.05) is 19.6 Å². The SMILES string of the molecule is C=CCN(CC(=O)[C@H]1CCCN1)C(=S)Oc1nnnn1C. The number of Topliss-reactive ketones (excluding diaryl/α,β-unsaturated/α-hetero) is 1. The average Bonchev–Trinajstić information content (AvgIpc) is 3.11. The van der Waals surface area contributed by atoms with Gasteiger partial charge in [-0.25, -0.2) is 0 Å². The molecule has 1 fully saturated rings. The van der Waals surface area contributed by atoms with Crippen molar-refractivity contribution in [3.8, 4) is 6.01 Å². The lowest BCUT2D eigenvalue weighted by Gasteiger charge is -2.23. The number of aromatic nitrogens is 4. The molecule has 0 spiro atoms. The van der Waals surface area contributed by atoms with E-state index in [2.05, 4.69) is 27.4 Å². The van der Waals surface area contributed by atoms with Crippen LogP contribution in [-0.2, 0) is 11.8 Å². The third-order valence-corrected chi connectivity index (χ3v) is 3.50. The van der Waals surface area contributed by atoms with Gasteiger partial charge in [0, 0.05) is 13.6 Å². The quantitative estimate of drug-likeness (QED) is 0.565. The molecule has 1 atom stereocenters. The van der Waals surface area contributed by atoms with Crippen LogP contribution in [0.1, 0.15) is 12.8 Å². The summed E-state index contributed by atoms with van der Waals surface area (Å²) >= 11 is 5.22. The fraction of sp³-hybridized carbons (Fsp3) is 0.583. The molecule has 1 saturated heterocycles. The van der Waals surface area contributed by atoms with Crippen molar-refractivity contribution in [2.24, 2.45) is 7.05 Å². The minimum atomic E-state index is -0.100. The number of hydrogen-bond donors (Lipinski definition) is 1. The van der Waals surface area contributed by atoms with Crippen molar-refractivity contribution in [1.29, 1.82) is 0 Å². The van der Waals surface area contributed by atoms with Gasteiger partial charge < -0.3 is 15.0 Å². The summed E-state index contributed by atoms with van der Waals surface area (Å²) < 4.78 is 6.79. The van der Waals surface area contributed by atoms with Crippen molar-refractivity contribution >= 4 is 23.2 Å². The van der Waals surface area contributed by atoms with Crippen LogP contribution in [0.15, 0.2) is 12.7 Å². The van der Waals surface area contributed by atoms with Crippen LogP contribution in [0, 0.1) is 0 Å². The smallest absolute Gasteiger partial charge is 0.342 e. The van der Waals surface area contributed by atoms with Gasteiger partial charge in [-0.1, -0.05) is 11.2 Å². The zero-order valence-corrected chi connectivity index (χ0v) is 12.7. The Morgan fingerprint density at radius 2 is 2.52 bits per heavy atom. The highest BCUT2D eigenvalue weighted by molar-refractivity contribution is 7.80. The summed E-state index contributed by atoms with van der Waals surface area (Å²) in [6.45, 7) is 5.14. The van der Waals surface area contributed by atoms with E-state index in [4.69, 9.17) is 17.0 Å². The predicted molar refractivity (Wildman–Crippen MR) is 79.8 cm³/mol. The molecule has 1 aromatic rings. The molecule has 1 N–H and O–H groups in total. The molecule has 0 saturated carbocycles. The number of carbonyl (C=O) groups excluding carboxylic acids is 1. The number of tetrazole rings is 1. The lowest BCUT2D eigenvalue weighted by molar-refractivity contribution is -0.121. The molecule has 0 amide bonds. The molecular formula is C12H18N6O2S.